The standard InChI is InChI=1S/C13H25NO3/c1-12(2,3)8-9(11(16)17)7-10(15)14-13(4,5)6/h9H,7-8H2,1-6H3,(H,14,15)(H,16,17). The van der Waals surface area contributed by atoms with E-state index in [0.29, 0.717) is 6.42 Å². The van der Waals surface area contributed by atoms with Crippen LogP contribution in [-0.4, -0.2) is 22.5 Å². The maximum absolute atomic E-state index is 11.7. The van der Waals surface area contributed by atoms with Gasteiger partial charge in [-0.05, 0) is 32.6 Å². The number of nitrogens with one attached hydrogen (secondary N) is 1. The molecule has 0 aromatic heterocycles. The number of amides is 1. The molecule has 0 radical (unpaired) electrons. The van der Waals surface area contributed by atoms with E-state index < -0.39 is 11.9 Å². The van der Waals surface area contributed by atoms with Crippen LogP contribution in [0, 0.1) is 11.3 Å². The molecule has 1 amide bonds. The fraction of sp³-hybridized carbons (Fsp3) is 0.846. The molecule has 17 heavy (non-hydrogen) atoms. The lowest BCUT2D eigenvalue weighted by atomic mass is 9.83. The molecule has 0 bridgehead atoms. The topological polar surface area (TPSA) is 66.4 Å². The predicted molar refractivity (Wildman–Crippen MR) is 67.7 cm³/mol. The summed E-state index contributed by atoms with van der Waals surface area (Å²) < 4.78 is 0. The first-order valence-corrected chi connectivity index (χ1v) is 5.94. The molecule has 1 unspecified atom stereocenters. The molecule has 0 aromatic carbocycles. The van der Waals surface area contributed by atoms with Crippen LogP contribution < -0.4 is 5.32 Å². The molecule has 2 N–H and O–H groups in total. The lowest BCUT2D eigenvalue weighted by Crippen LogP contribution is -2.42. The van der Waals surface area contributed by atoms with E-state index in [4.69, 9.17) is 5.11 Å². The van der Waals surface area contributed by atoms with E-state index in [9.17, 15) is 9.59 Å². The van der Waals surface area contributed by atoms with Gasteiger partial charge >= 0.3 is 5.97 Å². The van der Waals surface area contributed by atoms with Crippen molar-refractivity contribution in [3.8, 4) is 0 Å². The van der Waals surface area contributed by atoms with Crippen molar-refractivity contribution in [2.75, 3.05) is 0 Å². The van der Waals surface area contributed by atoms with Gasteiger partial charge < -0.3 is 10.4 Å². The first-order valence-electron chi connectivity index (χ1n) is 5.94. The second kappa shape index (κ2) is 5.52. The van der Waals surface area contributed by atoms with Crippen molar-refractivity contribution in [3.05, 3.63) is 0 Å². The maximum Gasteiger partial charge on any atom is 0.307 e. The molecule has 0 saturated carbocycles. The zero-order chi connectivity index (χ0) is 13.9. The van der Waals surface area contributed by atoms with Crippen LogP contribution in [0.3, 0.4) is 0 Å². The van der Waals surface area contributed by atoms with E-state index in [1.807, 2.05) is 41.5 Å². The molecule has 0 aromatic rings. The monoisotopic (exact) mass is 243 g/mol. The van der Waals surface area contributed by atoms with Crippen molar-refractivity contribution in [1.29, 1.82) is 0 Å². The van der Waals surface area contributed by atoms with Crippen LogP contribution in [0.25, 0.3) is 0 Å². The molecule has 0 aliphatic heterocycles. The summed E-state index contributed by atoms with van der Waals surface area (Å²) in [6.07, 6.45) is 0.545. The minimum atomic E-state index is -0.899. The smallest absolute Gasteiger partial charge is 0.307 e. The fourth-order valence-corrected chi connectivity index (χ4v) is 1.68. The normalized spacial score (nSPS) is 14.2. The lowest BCUT2D eigenvalue weighted by molar-refractivity contribution is -0.145. The van der Waals surface area contributed by atoms with Gasteiger partial charge in [-0.1, -0.05) is 20.8 Å². The Kier molecular flexibility index (Phi) is 5.17. The molecule has 1 atom stereocenters. The van der Waals surface area contributed by atoms with E-state index in [-0.39, 0.29) is 23.3 Å². The third kappa shape index (κ3) is 8.72. The van der Waals surface area contributed by atoms with Crippen molar-refractivity contribution >= 4 is 11.9 Å². The molecule has 0 aliphatic carbocycles. The van der Waals surface area contributed by atoms with Crippen molar-refractivity contribution in [2.24, 2.45) is 11.3 Å². The SMILES string of the molecule is CC(C)(C)CC(CC(=O)NC(C)(C)C)C(=O)O. The minimum absolute atomic E-state index is 0.0455. The number of carbonyl (C=O) groups excluding carboxylic acids is 1. The Morgan fingerprint density at radius 3 is 1.88 bits per heavy atom. The zero-order valence-electron chi connectivity index (χ0n) is 11.8. The molecular weight excluding hydrogens is 218 g/mol. The third-order valence-electron chi connectivity index (χ3n) is 2.15. The van der Waals surface area contributed by atoms with Gasteiger partial charge in [0.25, 0.3) is 0 Å². The van der Waals surface area contributed by atoms with Gasteiger partial charge in [0.2, 0.25) is 5.91 Å². The summed E-state index contributed by atoms with van der Waals surface area (Å²) in [5, 5.41) is 11.9. The second-order valence-electron chi connectivity index (χ2n) is 6.80. The van der Waals surface area contributed by atoms with Gasteiger partial charge in [-0.2, -0.15) is 0 Å². The Morgan fingerprint density at radius 2 is 1.59 bits per heavy atom. The number of rotatable bonds is 4. The molecule has 100 valence electrons. The van der Waals surface area contributed by atoms with Crippen LogP contribution in [0.2, 0.25) is 0 Å². The average Bonchev–Trinajstić information content (AvgIpc) is 1.95. The van der Waals surface area contributed by atoms with Crippen LogP contribution >= 0.6 is 0 Å². The number of carbonyl (C=O) groups is 2. The fourth-order valence-electron chi connectivity index (χ4n) is 1.68. The number of aliphatic carboxylic acids is 1. The van der Waals surface area contributed by atoms with Gasteiger partial charge in [-0.3, -0.25) is 9.59 Å². The third-order valence-corrected chi connectivity index (χ3v) is 2.15. The summed E-state index contributed by atoms with van der Waals surface area (Å²) in [6, 6.07) is 0. The Labute approximate surface area is 104 Å². The molecule has 4 nitrogen and oxygen atoms in total. The molecule has 0 heterocycles. The van der Waals surface area contributed by atoms with Crippen molar-refractivity contribution in [1.82, 2.24) is 5.32 Å². The number of carboxylic acids is 1. The van der Waals surface area contributed by atoms with Gasteiger partial charge in [0.15, 0.2) is 0 Å². The summed E-state index contributed by atoms with van der Waals surface area (Å²) >= 11 is 0. The highest BCUT2D eigenvalue weighted by molar-refractivity contribution is 5.82. The van der Waals surface area contributed by atoms with E-state index in [2.05, 4.69) is 5.32 Å². The number of hydrogen-bond acceptors (Lipinski definition) is 2. The Morgan fingerprint density at radius 1 is 1.12 bits per heavy atom. The minimum Gasteiger partial charge on any atom is -0.481 e. The predicted octanol–water partition coefficient (Wildman–Crippen LogP) is 2.43. The Hall–Kier alpha value is -1.06. The van der Waals surface area contributed by atoms with Crippen molar-refractivity contribution < 1.29 is 14.7 Å². The highest BCUT2D eigenvalue weighted by Gasteiger charge is 2.27. The summed E-state index contributed by atoms with van der Waals surface area (Å²) in [6.45, 7) is 11.6. The highest BCUT2D eigenvalue weighted by Crippen LogP contribution is 2.26. The molecule has 0 fully saturated rings. The van der Waals surface area contributed by atoms with Crippen LogP contribution in [-0.2, 0) is 9.59 Å². The van der Waals surface area contributed by atoms with E-state index in [1.165, 1.54) is 0 Å². The van der Waals surface area contributed by atoms with Crippen LogP contribution in [0.1, 0.15) is 54.4 Å². The molecule has 0 rings (SSSR count). The van der Waals surface area contributed by atoms with Gasteiger partial charge in [0.1, 0.15) is 0 Å². The molecule has 0 saturated heterocycles. The quantitative estimate of drug-likeness (QED) is 0.797. The Bertz CT molecular complexity index is 284. The van der Waals surface area contributed by atoms with E-state index >= 15 is 0 Å². The molecule has 4 heteroatoms. The largest absolute Gasteiger partial charge is 0.481 e. The van der Waals surface area contributed by atoms with Crippen molar-refractivity contribution in [2.45, 2.75) is 59.9 Å². The second-order valence-corrected chi connectivity index (χ2v) is 6.80. The number of carboxylic acid groups (broad SMARTS) is 1. The maximum atomic E-state index is 11.7. The average molecular weight is 243 g/mol. The summed E-state index contributed by atoms with van der Waals surface area (Å²) in [4.78, 5) is 22.8. The van der Waals surface area contributed by atoms with Gasteiger partial charge in [0.05, 0.1) is 5.92 Å². The van der Waals surface area contributed by atoms with Gasteiger partial charge in [-0.25, -0.2) is 0 Å². The molecule has 0 spiro atoms. The molecular formula is C13H25NO3. The first kappa shape index (κ1) is 15.9. The van der Waals surface area contributed by atoms with Gasteiger partial charge in [0, 0.05) is 12.0 Å². The van der Waals surface area contributed by atoms with E-state index in [0.717, 1.165) is 0 Å². The van der Waals surface area contributed by atoms with Crippen molar-refractivity contribution in [3.63, 3.8) is 0 Å². The highest BCUT2D eigenvalue weighted by atomic mass is 16.4. The lowest BCUT2D eigenvalue weighted by Gasteiger charge is -2.25. The number of hydrogen-bond donors (Lipinski definition) is 2. The zero-order valence-corrected chi connectivity index (χ0v) is 11.8. The molecule has 0 aliphatic rings. The van der Waals surface area contributed by atoms with Gasteiger partial charge in [-0.15, -0.1) is 0 Å². The van der Waals surface area contributed by atoms with E-state index in [1.54, 1.807) is 0 Å². The summed E-state index contributed by atoms with van der Waals surface area (Å²) in [5.41, 5.74) is -0.410. The first-order chi connectivity index (χ1) is 7.41. The summed E-state index contributed by atoms with van der Waals surface area (Å²) in [7, 11) is 0. The van der Waals surface area contributed by atoms with Crippen LogP contribution in [0.5, 0.6) is 0 Å². The van der Waals surface area contributed by atoms with Crippen LogP contribution in [0.15, 0.2) is 0 Å². The summed E-state index contributed by atoms with van der Waals surface area (Å²) in [5.74, 6) is -1.71. The Balaban J connectivity index is 4.47. The van der Waals surface area contributed by atoms with Crippen LogP contribution in [0.4, 0.5) is 0 Å².